The van der Waals surface area contributed by atoms with Crippen LogP contribution < -0.4 is 0 Å². The molecule has 2 heterocycles. The summed E-state index contributed by atoms with van der Waals surface area (Å²) in [5.74, 6) is 0.466. The summed E-state index contributed by atoms with van der Waals surface area (Å²) in [6.45, 7) is 0.468. The maximum Gasteiger partial charge on any atom is 0.119 e. The van der Waals surface area contributed by atoms with E-state index in [1.54, 1.807) is 0 Å². The lowest BCUT2D eigenvalue weighted by Gasteiger charge is -2.42. The Kier molecular flexibility index (Phi) is 0.866. The average Bonchev–Trinajstić information content (AvgIpc) is 1.62. The molecule has 0 amide bonds. The highest BCUT2D eigenvalue weighted by Gasteiger charge is 2.40. The number of hydrogen-bond donors (Lipinski definition) is 0. The molecule has 0 aromatic heterocycles. The highest BCUT2D eigenvalue weighted by Crippen LogP contribution is 2.37. The predicted molar refractivity (Wildman–Crippen MR) is 26.9 cm³/mol. The Bertz CT molecular complexity index is 91.2. The molecule has 2 nitrogen and oxygen atoms in total. The first-order chi connectivity index (χ1) is 3.86. The van der Waals surface area contributed by atoms with E-state index in [-0.39, 0.29) is 0 Å². The Balaban J connectivity index is 2.01. The van der Waals surface area contributed by atoms with E-state index in [4.69, 9.17) is 4.74 Å². The monoisotopic (exact) mass is 113 g/mol. The normalized spacial score (nSPS) is 52.9. The van der Waals surface area contributed by atoms with Crippen LogP contribution in [0.5, 0.6) is 0 Å². The number of rotatable bonds is 0. The van der Waals surface area contributed by atoms with Crippen LogP contribution in [0.1, 0.15) is 12.8 Å². The molecule has 45 valence electrons. The molecule has 0 aromatic rings. The van der Waals surface area contributed by atoms with Gasteiger partial charge in [-0.05, 0) is 18.8 Å². The molecule has 0 N–H and O–H groups in total. The molecule has 1 saturated carbocycles. The van der Waals surface area contributed by atoms with Crippen LogP contribution >= 0.6 is 0 Å². The maximum atomic E-state index is 10.8. The summed E-state index contributed by atoms with van der Waals surface area (Å²) in [4.78, 5) is 0. The highest BCUT2D eigenvalue weighted by molar-refractivity contribution is 4.89. The van der Waals surface area contributed by atoms with Gasteiger partial charge in [-0.25, -0.2) is 5.11 Å². The summed E-state index contributed by atoms with van der Waals surface area (Å²) in [6.07, 6.45) is 2.13. The van der Waals surface area contributed by atoms with E-state index in [0.29, 0.717) is 18.6 Å². The van der Waals surface area contributed by atoms with Crippen molar-refractivity contribution >= 4 is 0 Å². The minimum atomic E-state index is -0.403. The molecule has 2 aliphatic heterocycles. The molecule has 3 rings (SSSR count). The van der Waals surface area contributed by atoms with Crippen molar-refractivity contribution in [3.05, 3.63) is 0 Å². The Morgan fingerprint density at radius 1 is 1.38 bits per heavy atom. The van der Waals surface area contributed by atoms with Gasteiger partial charge < -0.3 is 4.74 Å². The zero-order chi connectivity index (χ0) is 5.56. The molecule has 1 aliphatic carbocycles. The second-order valence-corrected chi connectivity index (χ2v) is 2.73. The number of fused-ring (bicyclic) bond motifs is 2. The lowest BCUT2D eigenvalue weighted by atomic mass is 9.76. The standard InChI is InChI=1S/C6H9O2/c7-6-3-8-5-1-4(6)2-5/h4-6H,1-3H2. The quantitative estimate of drug-likeness (QED) is 0.452. The third kappa shape index (κ3) is 0.501. The molecule has 0 aromatic carbocycles. The minimum Gasteiger partial charge on any atom is -0.375 e. The molecule has 1 atom stereocenters. The van der Waals surface area contributed by atoms with Crippen LogP contribution in [0.25, 0.3) is 0 Å². The third-order valence-electron chi connectivity index (χ3n) is 2.15. The fourth-order valence-electron chi connectivity index (χ4n) is 1.41. The first kappa shape index (κ1) is 4.77. The van der Waals surface area contributed by atoms with Gasteiger partial charge in [0.05, 0.1) is 12.7 Å². The third-order valence-corrected chi connectivity index (χ3v) is 2.15. The minimum absolute atomic E-state index is 0.403. The first-order valence-electron chi connectivity index (χ1n) is 3.13. The van der Waals surface area contributed by atoms with E-state index >= 15 is 0 Å². The lowest BCUT2D eigenvalue weighted by molar-refractivity contribution is -0.178. The molecule has 8 heavy (non-hydrogen) atoms. The second-order valence-electron chi connectivity index (χ2n) is 2.73. The molecule has 1 radical (unpaired) electrons. The Labute approximate surface area is 48.5 Å². The molecular formula is C6H9O2. The van der Waals surface area contributed by atoms with Crippen LogP contribution in [-0.2, 0) is 9.84 Å². The van der Waals surface area contributed by atoms with Crippen molar-refractivity contribution < 1.29 is 9.84 Å². The molecule has 3 aliphatic rings. The smallest absolute Gasteiger partial charge is 0.119 e. The fraction of sp³-hybridized carbons (Fsp3) is 1.00. The topological polar surface area (TPSA) is 29.1 Å². The van der Waals surface area contributed by atoms with Crippen molar-refractivity contribution in [2.75, 3.05) is 6.61 Å². The van der Waals surface area contributed by atoms with Crippen LogP contribution in [0.4, 0.5) is 0 Å². The summed E-state index contributed by atoms with van der Waals surface area (Å²) in [5.41, 5.74) is 0. The van der Waals surface area contributed by atoms with Gasteiger partial charge in [0.2, 0.25) is 0 Å². The fourth-order valence-corrected chi connectivity index (χ4v) is 1.41. The molecule has 2 bridgehead atoms. The van der Waals surface area contributed by atoms with Crippen molar-refractivity contribution in [2.24, 2.45) is 5.92 Å². The van der Waals surface area contributed by atoms with Gasteiger partial charge >= 0.3 is 0 Å². The molecular weight excluding hydrogens is 104 g/mol. The van der Waals surface area contributed by atoms with Crippen molar-refractivity contribution in [2.45, 2.75) is 25.0 Å². The molecule has 2 saturated heterocycles. The Hall–Kier alpha value is -0.0800. The summed E-state index contributed by atoms with van der Waals surface area (Å²) >= 11 is 0. The van der Waals surface area contributed by atoms with E-state index in [1.807, 2.05) is 0 Å². The summed E-state index contributed by atoms with van der Waals surface area (Å²) in [6, 6.07) is 0. The summed E-state index contributed by atoms with van der Waals surface area (Å²) in [5, 5.41) is 10.8. The van der Waals surface area contributed by atoms with Gasteiger partial charge in [-0.3, -0.25) is 0 Å². The van der Waals surface area contributed by atoms with Gasteiger partial charge in [0.15, 0.2) is 0 Å². The van der Waals surface area contributed by atoms with E-state index in [1.165, 1.54) is 0 Å². The van der Waals surface area contributed by atoms with E-state index in [2.05, 4.69) is 0 Å². The Morgan fingerprint density at radius 3 is 2.38 bits per heavy atom. The highest BCUT2D eigenvalue weighted by atomic mass is 16.5. The van der Waals surface area contributed by atoms with Crippen LogP contribution in [0.2, 0.25) is 0 Å². The molecule has 1 unspecified atom stereocenters. The zero-order valence-corrected chi connectivity index (χ0v) is 4.67. The average molecular weight is 113 g/mol. The summed E-state index contributed by atoms with van der Waals surface area (Å²) < 4.78 is 5.14. The van der Waals surface area contributed by atoms with Crippen LogP contribution in [-0.4, -0.2) is 18.8 Å². The van der Waals surface area contributed by atoms with E-state index in [9.17, 15) is 5.11 Å². The van der Waals surface area contributed by atoms with E-state index in [0.717, 1.165) is 12.8 Å². The van der Waals surface area contributed by atoms with Gasteiger partial charge in [-0.15, -0.1) is 0 Å². The maximum absolute atomic E-state index is 10.8. The largest absolute Gasteiger partial charge is 0.375 e. The molecule has 3 fully saturated rings. The summed E-state index contributed by atoms with van der Waals surface area (Å²) in [7, 11) is 0. The lowest BCUT2D eigenvalue weighted by Crippen LogP contribution is -2.47. The van der Waals surface area contributed by atoms with Crippen molar-refractivity contribution in [3.8, 4) is 0 Å². The van der Waals surface area contributed by atoms with Gasteiger partial charge in [0.25, 0.3) is 0 Å². The number of hydrogen-bond acceptors (Lipinski definition) is 1. The van der Waals surface area contributed by atoms with Gasteiger partial charge in [-0.1, -0.05) is 0 Å². The van der Waals surface area contributed by atoms with Crippen LogP contribution in [0.3, 0.4) is 0 Å². The predicted octanol–water partition coefficient (Wildman–Crippen LogP) is 0.594. The van der Waals surface area contributed by atoms with Gasteiger partial charge in [0, 0.05) is 0 Å². The SMILES string of the molecule is [O]C1COC2CC1C2. The Morgan fingerprint density at radius 2 is 2.12 bits per heavy atom. The zero-order valence-electron chi connectivity index (χ0n) is 4.67. The van der Waals surface area contributed by atoms with Crippen molar-refractivity contribution in [3.63, 3.8) is 0 Å². The van der Waals surface area contributed by atoms with Crippen molar-refractivity contribution in [1.82, 2.24) is 0 Å². The van der Waals surface area contributed by atoms with Gasteiger partial charge in [0.1, 0.15) is 6.10 Å². The van der Waals surface area contributed by atoms with E-state index < -0.39 is 6.10 Å². The first-order valence-corrected chi connectivity index (χ1v) is 3.13. The molecule has 0 spiro atoms. The molecule has 2 heteroatoms. The second kappa shape index (κ2) is 1.45. The van der Waals surface area contributed by atoms with Crippen LogP contribution in [0.15, 0.2) is 0 Å². The van der Waals surface area contributed by atoms with Gasteiger partial charge in [-0.2, -0.15) is 0 Å². The van der Waals surface area contributed by atoms with Crippen LogP contribution in [0, 0.1) is 5.92 Å². The number of ether oxygens (including phenoxy) is 1. The van der Waals surface area contributed by atoms with Crippen molar-refractivity contribution in [1.29, 1.82) is 0 Å².